The topological polar surface area (TPSA) is 41.1 Å². The van der Waals surface area contributed by atoms with Crippen molar-refractivity contribution in [3.8, 4) is 11.1 Å². The molecule has 0 unspecified atom stereocenters. The number of para-hydroxylation sites is 1. The highest BCUT2D eigenvalue weighted by atomic mass is 16.2. The zero-order chi connectivity index (χ0) is 15.2. The number of anilines is 2. The molecule has 0 aliphatic carbocycles. The molecule has 0 saturated carbocycles. The number of carbonyl (C=O) groups excluding carboxylic acids is 1. The molecule has 3 nitrogen and oxygen atoms in total. The molecule has 0 bridgehead atoms. The van der Waals surface area contributed by atoms with Gasteiger partial charge in [0.05, 0.1) is 0 Å². The lowest BCUT2D eigenvalue weighted by Gasteiger charge is -2.08. The molecule has 2 N–H and O–H groups in total. The first-order valence-corrected chi connectivity index (χ1v) is 7.10. The SMILES string of the molecule is O=C(Nc1ccccc1)Nc1ccc(-c2ccccc2)cc1. The molecule has 108 valence electrons. The Morgan fingerprint density at radius 1 is 0.545 bits per heavy atom. The zero-order valence-corrected chi connectivity index (χ0v) is 12.0. The normalized spacial score (nSPS) is 10.0. The second-order valence-electron chi connectivity index (χ2n) is 4.89. The second-order valence-corrected chi connectivity index (χ2v) is 4.89. The lowest BCUT2D eigenvalue weighted by atomic mass is 10.1. The van der Waals surface area contributed by atoms with Gasteiger partial charge in [0, 0.05) is 11.4 Å². The van der Waals surface area contributed by atoms with Crippen LogP contribution in [0, 0.1) is 0 Å². The van der Waals surface area contributed by atoms with Crippen LogP contribution in [0.1, 0.15) is 0 Å². The van der Waals surface area contributed by atoms with E-state index in [0.717, 1.165) is 22.5 Å². The first-order valence-electron chi connectivity index (χ1n) is 7.10. The molecule has 0 heterocycles. The minimum atomic E-state index is -0.251. The molecule has 0 aromatic heterocycles. The van der Waals surface area contributed by atoms with Crippen molar-refractivity contribution in [2.75, 3.05) is 10.6 Å². The summed E-state index contributed by atoms with van der Waals surface area (Å²) < 4.78 is 0. The van der Waals surface area contributed by atoms with Gasteiger partial charge in [-0.05, 0) is 35.4 Å². The van der Waals surface area contributed by atoms with Gasteiger partial charge in [0.1, 0.15) is 0 Å². The Hall–Kier alpha value is -3.07. The van der Waals surface area contributed by atoms with Crippen molar-refractivity contribution in [3.05, 3.63) is 84.9 Å². The van der Waals surface area contributed by atoms with Crippen molar-refractivity contribution in [3.63, 3.8) is 0 Å². The Labute approximate surface area is 129 Å². The minimum absolute atomic E-state index is 0.251. The summed E-state index contributed by atoms with van der Waals surface area (Å²) in [5.74, 6) is 0. The smallest absolute Gasteiger partial charge is 0.308 e. The summed E-state index contributed by atoms with van der Waals surface area (Å²) in [5, 5.41) is 5.61. The van der Waals surface area contributed by atoms with Crippen molar-refractivity contribution < 1.29 is 4.79 Å². The lowest BCUT2D eigenvalue weighted by molar-refractivity contribution is 0.262. The third-order valence-corrected chi connectivity index (χ3v) is 3.28. The van der Waals surface area contributed by atoms with E-state index in [4.69, 9.17) is 0 Å². The fourth-order valence-corrected chi connectivity index (χ4v) is 2.19. The number of benzene rings is 3. The summed E-state index contributed by atoms with van der Waals surface area (Å²) in [5.41, 5.74) is 3.80. The first-order chi connectivity index (χ1) is 10.8. The number of nitrogens with one attached hydrogen (secondary N) is 2. The van der Waals surface area contributed by atoms with E-state index in [0.29, 0.717) is 0 Å². The molecule has 3 aromatic carbocycles. The fourth-order valence-electron chi connectivity index (χ4n) is 2.19. The molecular formula is C19H16N2O. The number of hydrogen-bond acceptors (Lipinski definition) is 1. The summed E-state index contributed by atoms with van der Waals surface area (Å²) in [7, 11) is 0. The second kappa shape index (κ2) is 6.59. The van der Waals surface area contributed by atoms with Gasteiger partial charge in [-0.1, -0.05) is 60.7 Å². The third kappa shape index (κ3) is 3.52. The van der Waals surface area contributed by atoms with Crippen molar-refractivity contribution in [2.45, 2.75) is 0 Å². The monoisotopic (exact) mass is 288 g/mol. The van der Waals surface area contributed by atoms with Crippen LogP contribution in [0.2, 0.25) is 0 Å². The average molecular weight is 288 g/mol. The van der Waals surface area contributed by atoms with E-state index in [9.17, 15) is 4.79 Å². The van der Waals surface area contributed by atoms with Gasteiger partial charge in [-0.25, -0.2) is 4.79 Å². The summed E-state index contributed by atoms with van der Waals surface area (Å²) in [6.45, 7) is 0. The van der Waals surface area contributed by atoms with Gasteiger partial charge in [-0.15, -0.1) is 0 Å². The van der Waals surface area contributed by atoms with Crippen LogP contribution in [0.4, 0.5) is 16.2 Å². The molecule has 3 rings (SSSR count). The van der Waals surface area contributed by atoms with Crippen LogP contribution in [0.5, 0.6) is 0 Å². The highest BCUT2D eigenvalue weighted by Crippen LogP contribution is 2.21. The maximum Gasteiger partial charge on any atom is 0.323 e. The fraction of sp³-hybridized carbons (Fsp3) is 0. The summed E-state index contributed by atoms with van der Waals surface area (Å²) in [6, 6.07) is 27.0. The van der Waals surface area contributed by atoms with Crippen molar-refractivity contribution >= 4 is 17.4 Å². The number of urea groups is 1. The molecule has 0 radical (unpaired) electrons. The zero-order valence-electron chi connectivity index (χ0n) is 12.0. The number of hydrogen-bond donors (Lipinski definition) is 2. The molecular weight excluding hydrogens is 272 g/mol. The minimum Gasteiger partial charge on any atom is -0.308 e. The third-order valence-electron chi connectivity index (χ3n) is 3.28. The van der Waals surface area contributed by atoms with Crippen molar-refractivity contribution in [2.24, 2.45) is 0 Å². The molecule has 0 saturated heterocycles. The predicted molar refractivity (Wildman–Crippen MR) is 91.0 cm³/mol. The molecule has 3 aromatic rings. The van der Waals surface area contributed by atoms with E-state index in [-0.39, 0.29) is 6.03 Å². The molecule has 0 aliphatic heterocycles. The number of carbonyl (C=O) groups is 1. The molecule has 0 atom stereocenters. The molecule has 0 fully saturated rings. The van der Waals surface area contributed by atoms with Crippen LogP contribution >= 0.6 is 0 Å². The Morgan fingerprint density at radius 2 is 1.00 bits per heavy atom. The van der Waals surface area contributed by atoms with Crippen LogP contribution in [-0.2, 0) is 0 Å². The maximum absolute atomic E-state index is 11.9. The highest BCUT2D eigenvalue weighted by Gasteiger charge is 2.03. The van der Waals surface area contributed by atoms with Gasteiger partial charge in [0.15, 0.2) is 0 Å². The summed E-state index contributed by atoms with van der Waals surface area (Å²) in [6.07, 6.45) is 0. The quantitative estimate of drug-likeness (QED) is 0.699. The predicted octanol–water partition coefficient (Wildman–Crippen LogP) is 5.00. The molecule has 3 heteroatoms. The number of amides is 2. The van der Waals surface area contributed by atoms with Crippen LogP contribution in [0.25, 0.3) is 11.1 Å². The maximum atomic E-state index is 11.9. The molecule has 22 heavy (non-hydrogen) atoms. The van der Waals surface area contributed by atoms with Crippen molar-refractivity contribution in [1.82, 2.24) is 0 Å². The molecule has 0 spiro atoms. The van der Waals surface area contributed by atoms with Gasteiger partial charge >= 0.3 is 6.03 Å². The van der Waals surface area contributed by atoms with Gasteiger partial charge in [0.2, 0.25) is 0 Å². The Morgan fingerprint density at radius 3 is 1.59 bits per heavy atom. The Balaban J connectivity index is 1.65. The van der Waals surface area contributed by atoms with E-state index >= 15 is 0 Å². The van der Waals surface area contributed by atoms with Crippen LogP contribution in [0.3, 0.4) is 0 Å². The van der Waals surface area contributed by atoms with Gasteiger partial charge < -0.3 is 10.6 Å². The highest BCUT2D eigenvalue weighted by molar-refractivity contribution is 5.99. The van der Waals surface area contributed by atoms with Gasteiger partial charge in [-0.2, -0.15) is 0 Å². The molecule has 0 aliphatic rings. The summed E-state index contributed by atoms with van der Waals surface area (Å²) >= 11 is 0. The van der Waals surface area contributed by atoms with E-state index < -0.39 is 0 Å². The largest absolute Gasteiger partial charge is 0.323 e. The standard InChI is InChI=1S/C19H16N2O/c22-19(20-17-9-5-2-6-10-17)21-18-13-11-16(12-14-18)15-7-3-1-4-8-15/h1-14H,(H2,20,21,22). The van der Waals surface area contributed by atoms with E-state index in [1.54, 1.807) is 0 Å². The van der Waals surface area contributed by atoms with Gasteiger partial charge in [0.25, 0.3) is 0 Å². The van der Waals surface area contributed by atoms with Crippen LogP contribution < -0.4 is 10.6 Å². The lowest BCUT2D eigenvalue weighted by Crippen LogP contribution is -2.19. The molecule has 2 amide bonds. The van der Waals surface area contributed by atoms with E-state index in [1.165, 1.54) is 0 Å². The first kappa shape index (κ1) is 13.9. The van der Waals surface area contributed by atoms with Crippen LogP contribution in [0.15, 0.2) is 84.9 Å². The van der Waals surface area contributed by atoms with E-state index in [2.05, 4.69) is 22.8 Å². The average Bonchev–Trinajstić information content (AvgIpc) is 2.57. The Bertz CT molecular complexity index is 737. The summed E-state index contributed by atoms with van der Waals surface area (Å²) in [4.78, 5) is 11.9. The number of rotatable bonds is 3. The van der Waals surface area contributed by atoms with Crippen molar-refractivity contribution in [1.29, 1.82) is 0 Å². The van der Waals surface area contributed by atoms with Crippen LogP contribution in [-0.4, -0.2) is 6.03 Å². The van der Waals surface area contributed by atoms with E-state index in [1.807, 2.05) is 72.8 Å². The Kier molecular flexibility index (Phi) is 4.16. The van der Waals surface area contributed by atoms with Gasteiger partial charge in [-0.3, -0.25) is 0 Å².